The zero-order chi connectivity index (χ0) is 22.4. The van der Waals surface area contributed by atoms with Crippen molar-refractivity contribution in [3.8, 4) is 0 Å². The van der Waals surface area contributed by atoms with Gasteiger partial charge >= 0.3 is 0 Å². The van der Waals surface area contributed by atoms with Crippen LogP contribution in [0.2, 0.25) is 0 Å². The fraction of sp³-hybridized carbons (Fsp3) is 0.640. The number of nitrogens with one attached hydrogen (secondary N) is 2. The van der Waals surface area contributed by atoms with E-state index in [0.717, 1.165) is 24.8 Å². The lowest BCUT2D eigenvalue weighted by Gasteiger charge is -2.37. The van der Waals surface area contributed by atoms with Crippen LogP contribution in [0.1, 0.15) is 64.9 Å². The first-order valence-electron chi connectivity index (χ1n) is 11.7. The first-order chi connectivity index (χ1) is 14.7. The Hall–Kier alpha value is -1.66. The molecule has 2 aliphatic rings. The molecule has 0 heterocycles. The predicted molar refractivity (Wildman–Crippen MR) is 126 cm³/mol. The van der Waals surface area contributed by atoms with Crippen LogP contribution in [0.4, 0.5) is 0 Å². The molecule has 0 aromatic heterocycles. The van der Waals surface area contributed by atoms with Crippen LogP contribution in [0, 0.1) is 23.7 Å². The van der Waals surface area contributed by atoms with Crippen LogP contribution in [0.5, 0.6) is 0 Å². The molecule has 1 fully saturated rings. The van der Waals surface area contributed by atoms with Gasteiger partial charge in [-0.15, -0.1) is 0 Å². The van der Waals surface area contributed by atoms with Crippen LogP contribution in [-0.4, -0.2) is 26.9 Å². The number of hydrogen-bond acceptors (Lipinski definition) is 3. The minimum atomic E-state index is -3.39. The van der Waals surface area contributed by atoms with Gasteiger partial charge in [-0.25, -0.2) is 13.1 Å². The van der Waals surface area contributed by atoms with Gasteiger partial charge in [0.25, 0.3) is 0 Å². The number of sulfonamides is 1. The van der Waals surface area contributed by atoms with E-state index < -0.39 is 10.0 Å². The van der Waals surface area contributed by atoms with Crippen molar-refractivity contribution in [2.75, 3.05) is 6.54 Å². The van der Waals surface area contributed by atoms with Crippen molar-refractivity contribution in [3.63, 3.8) is 0 Å². The van der Waals surface area contributed by atoms with E-state index in [1.807, 2.05) is 30.3 Å². The Kier molecular flexibility index (Phi) is 8.34. The van der Waals surface area contributed by atoms with Crippen LogP contribution in [0.25, 0.3) is 0 Å². The number of carbonyl (C=O) groups excluding carboxylic acids is 1. The molecule has 3 atom stereocenters. The third-order valence-corrected chi connectivity index (χ3v) is 8.29. The fourth-order valence-electron chi connectivity index (χ4n) is 5.16. The molecule has 0 aliphatic heterocycles. The molecule has 2 aliphatic carbocycles. The van der Waals surface area contributed by atoms with Gasteiger partial charge in [-0.3, -0.25) is 4.79 Å². The highest BCUT2D eigenvalue weighted by molar-refractivity contribution is 7.88. The molecule has 6 heteroatoms. The molecule has 3 rings (SSSR count). The van der Waals surface area contributed by atoms with Crippen LogP contribution in [-0.2, 0) is 20.6 Å². The minimum Gasteiger partial charge on any atom is -0.353 e. The molecular weight excluding hydrogens is 408 g/mol. The summed E-state index contributed by atoms with van der Waals surface area (Å²) in [6.45, 7) is 6.90. The Bertz CT molecular complexity index is 858. The SMILES string of the molecule is CC1=C[C@@H](CNS(=O)(=O)Cc2ccccc2)[C@H](C(C)C)C[C@H]1CC(=O)NC1CCCC1. The van der Waals surface area contributed by atoms with Gasteiger partial charge in [0.1, 0.15) is 0 Å². The van der Waals surface area contributed by atoms with Gasteiger partial charge < -0.3 is 5.32 Å². The summed E-state index contributed by atoms with van der Waals surface area (Å²) in [6, 6.07) is 9.63. The number of allylic oxidation sites excluding steroid dienone is 1. The second-order valence-corrected chi connectivity index (χ2v) is 11.6. The van der Waals surface area contributed by atoms with E-state index in [9.17, 15) is 13.2 Å². The first-order valence-corrected chi connectivity index (χ1v) is 13.4. The van der Waals surface area contributed by atoms with Crippen LogP contribution in [0.15, 0.2) is 42.0 Å². The Morgan fingerprint density at radius 1 is 1.13 bits per heavy atom. The van der Waals surface area contributed by atoms with E-state index in [2.05, 4.69) is 36.9 Å². The maximum Gasteiger partial charge on any atom is 0.220 e. The Morgan fingerprint density at radius 3 is 2.45 bits per heavy atom. The highest BCUT2D eigenvalue weighted by atomic mass is 32.2. The smallest absolute Gasteiger partial charge is 0.220 e. The van der Waals surface area contributed by atoms with Crippen LogP contribution >= 0.6 is 0 Å². The largest absolute Gasteiger partial charge is 0.353 e. The maximum atomic E-state index is 12.6. The standard InChI is InChI=1S/C25H38N2O3S/c1-18(2)24-14-21(15-25(28)27-23-11-7-8-12-23)19(3)13-22(24)16-26-31(29,30)17-20-9-5-4-6-10-20/h4-6,9-10,13,18,21-24,26H,7-8,11-12,14-17H2,1-3H3,(H,27,28)/t21-,22-,24-/m0/s1. The molecule has 1 amide bonds. The Balaban J connectivity index is 1.60. The Morgan fingerprint density at radius 2 is 1.81 bits per heavy atom. The van der Waals surface area contributed by atoms with E-state index in [1.165, 1.54) is 18.4 Å². The maximum absolute atomic E-state index is 12.6. The van der Waals surface area contributed by atoms with Crippen LogP contribution in [0.3, 0.4) is 0 Å². The van der Waals surface area contributed by atoms with Crippen molar-refractivity contribution in [1.82, 2.24) is 10.0 Å². The zero-order valence-electron chi connectivity index (χ0n) is 19.1. The molecule has 0 radical (unpaired) electrons. The molecule has 2 N–H and O–H groups in total. The molecule has 0 saturated heterocycles. The molecule has 172 valence electrons. The third-order valence-electron chi connectivity index (χ3n) is 6.97. The normalized spacial score (nSPS) is 24.9. The van der Waals surface area contributed by atoms with Crippen molar-refractivity contribution < 1.29 is 13.2 Å². The molecule has 0 spiro atoms. The molecule has 0 unspecified atom stereocenters. The van der Waals surface area contributed by atoms with Gasteiger partial charge in [0.2, 0.25) is 15.9 Å². The summed E-state index contributed by atoms with van der Waals surface area (Å²) in [5.41, 5.74) is 2.00. The summed E-state index contributed by atoms with van der Waals surface area (Å²) in [4.78, 5) is 12.6. The number of rotatable bonds is 9. The molecule has 1 aromatic carbocycles. The summed E-state index contributed by atoms with van der Waals surface area (Å²) in [5, 5.41) is 3.21. The predicted octanol–water partition coefficient (Wildman–Crippen LogP) is 4.41. The second-order valence-electron chi connectivity index (χ2n) is 9.76. The fourth-order valence-corrected chi connectivity index (χ4v) is 6.34. The second kappa shape index (κ2) is 10.8. The van der Waals surface area contributed by atoms with Crippen molar-refractivity contribution in [2.45, 2.75) is 71.1 Å². The van der Waals surface area contributed by atoms with Crippen molar-refractivity contribution >= 4 is 15.9 Å². The number of hydrogen-bond donors (Lipinski definition) is 2. The lowest BCUT2D eigenvalue weighted by Crippen LogP contribution is -2.39. The van der Waals surface area contributed by atoms with Crippen molar-refractivity contribution in [2.24, 2.45) is 23.7 Å². The van der Waals surface area contributed by atoms with E-state index in [0.29, 0.717) is 30.8 Å². The minimum absolute atomic E-state index is 0.000432. The lowest BCUT2D eigenvalue weighted by molar-refractivity contribution is -0.122. The van der Waals surface area contributed by atoms with Gasteiger partial charge in [-0.1, -0.05) is 68.7 Å². The average Bonchev–Trinajstić information content (AvgIpc) is 3.21. The van der Waals surface area contributed by atoms with E-state index >= 15 is 0 Å². The average molecular weight is 447 g/mol. The van der Waals surface area contributed by atoms with E-state index in [4.69, 9.17) is 0 Å². The van der Waals surface area contributed by atoms with Crippen LogP contribution < -0.4 is 10.0 Å². The number of amides is 1. The molecular formula is C25H38N2O3S. The van der Waals surface area contributed by atoms with E-state index in [-0.39, 0.29) is 23.5 Å². The summed E-state index contributed by atoms with van der Waals surface area (Å²) >= 11 is 0. The van der Waals surface area contributed by atoms with Gasteiger partial charge in [-0.05, 0) is 55.4 Å². The van der Waals surface area contributed by atoms with Crippen molar-refractivity contribution in [1.29, 1.82) is 0 Å². The number of carbonyl (C=O) groups is 1. The number of benzene rings is 1. The lowest BCUT2D eigenvalue weighted by atomic mass is 9.70. The summed E-state index contributed by atoms with van der Waals surface area (Å²) < 4.78 is 28.0. The van der Waals surface area contributed by atoms with Crippen molar-refractivity contribution in [3.05, 3.63) is 47.5 Å². The van der Waals surface area contributed by atoms with Gasteiger partial charge in [-0.2, -0.15) is 0 Å². The quantitative estimate of drug-likeness (QED) is 0.552. The monoisotopic (exact) mass is 446 g/mol. The highest BCUT2D eigenvalue weighted by Crippen LogP contribution is 2.39. The molecule has 5 nitrogen and oxygen atoms in total. The molecule has 1 aromatic rings. The summed E-state index contributed by atoms with van der Waals surface area (Å²) in [6.07, 6.45) is 8.32. The van der Waals surface area contributed by atoms with E-state index in [1.54, 1.807) is 0 Å². The van der Waals surface area contributed by atoms with Gasteiger partial charge in [0.05, 0.1) is 5.75 Å². The van der Waals surface area contributed by atoms with Gasteiger partial charge in [0.15, 0.2) is 0 Å². The van der Waals surface area contributed by atoms with Gasteiger partial charge in [0, 0.05) is 19.0 Å². The first kappa shape index (κ1) is 24.0. The zero-order valence-corrected chi connectivity index (χ0v) is 20.0. The molecule has 0 bridgehead atoms. The molecule has 31 heavy (non-hydrogen) atoms. The Labute approximate surface area is 188 Å². The topological polar surface area (TPSA) is 75.3 Å². The summed E-state index contributed by atoms with van der Waals surface area (Å²) in [5.74, 6) is 1.33. The molecule has 1 saturated carbocycles. The summed E-state index contributed by atoms with van der Waals surface area (Å²) in [7, 11) is -3.39. The third kappa shape index (κ3) is 7.18. The highest BCUT2D eigenvalue weighted by Gasteiger charge is 2.33.